The zero-order valence-corrected chi connectivity index (χ0v) is 13.4. The lowest BCUT2D eigenvalue weighted by atomic mass is 9.82. The Morgan fingerprint density at radius 2 is 1.74 bits per heavy atom. The molecular formula is C20H24N2O. The van der Waals surface area contributed by atoms with Gasteiger partial charge in [-0.1, -0.05) is 36.8 Å². The van der Waals surface area contributed by atoms with Crippen molar-refractivity contribution in [3.8, 4) is 11.3 Å². The number of aliphatic hydroxyl groups excluding tert-OH is 1. The van der Waals surface area contributed by atoms with Crippen LogP contribution in [0.15, 0.2) is 48.7 Å². The smallest absolute Gasteiger partial charge is 0.0701 e. The zero-order valence-electron chi connectivity index (χ0n) is 13.4. The number of piperidine rings is 2. The molecule has 23 heavy (non-hydrogen) atoms. The predicted octanol–water partition coefficient (Wildman–Crippen LogP) is 3.63. The van der Waals surface area contributed by atoms with Crippen molar-refractivity contribution in [2.24, 2.45) is 0 Å². The summed E-state index contributed by atoms with van der Waals surface area (Å²) in [5, 5.41) is 10.0. The van der Waals surface area contributed by atoms with Crippen LogP contribution in [-0.2, 0) is 6.54 Å². The molecule has 2 bridgehead atoms. The van der Waals surface area contributed by atoms with E-state index < -0.39 is 0 Å². The van der Waals surface area contributed by atoms with Gasteiger partial charge in [0.2, 0.25) is 0 Å². The van der Waals surface area contributed by atoms with Crippen molar-refractivity contribution < 1.29 is 5.11 Å². The molecule has 2 fully saturated rings. The molecule has 120 valence electrons. The van der Waals surface area contributed by atoms with Crippen LogP contribution in [0, 0.1) is 0 Å². The Hall–Kier alpha value is -1.71. The van der Waals surface area contributed by atoms with Gasteiger partial charge in [-0.2, -0.15) is 0 Å². The first-order valence-electron chi connectivity index (χ1n) is 8.74. The topological polar surface area (TPSA) is 36.4 Å². The van der Waals surface area contributed by atoms with Gasteiger partial charge in [-0.25, -0.2) is 0 Å². The van der Waals surface area contributed by atoms with Gasteiger partial charge in [0, 0.05) is 30.4 Å². The summed E-state index contributed by atoms with van der Waals surface area (Å²) in [6, 6.07) is 15.9. The predicted molar refractivity (Wildman–Crippen MR) is 91.9 cm³/mol. The van der Waals surface area contributed by atoms with E-state index in [4.69, 9.17) is 0 Å². The number of rotatable bonds is 3. The molecule has 4 rings (SSSR count). The summed E-state index contributed by atoms with van der Waals surface area (Å²) < 4.78 is 0. The Balaban J connectivity index is 1.49. The molecule has 3 heterocycles. The van der Waals surface area contributed by atoms with Crippen LogP contribution in [0.25, 0.3) is 11.3 Å². The third-order valence-corrected chi connectivity index (χ3v) is 5.38. The van der Waals surface area contributed by atoms with E-state index >= 15 is 0 Å². The number of benzene rings is 1. The molecule has 1 unspecified atom stereocenters. The van der Waals surface area contributed by atoms with Crippen LogP contribution in [0.1, 0.15) is 37.7 Å². The van der Waals surface area contributed by atoms with Crippen LogP contribution in [-0.4, -0.2) is 33.2 Å². The summed E-state index contributed by atoms with van der Waals surface area (Å²) in [6.45, 7) is 1.00. The molecule has 1 aromatic heterocycles. The summed E-state index contributed by atoms with van der Waals surface area (Å²) in [7, 11) is 0. The van der Waals surface area contributed by atoms with Crippen LogP contribution in [0.5, 0.6) is 0 Å². The molecule has 0 spiro atoms. The second-order valence-electron chi connectivity index (χ2n) is 6.95. The Bertz CT molecular complexity index is 626. The first-order chi connectivity index (χ1) is 11.3. The van der Waals surface area contributed by atoms with Crippen molar-refractivity contribution >= 4 is 0 Å². The minimum atomic E-state index is -0.0897. The lowest BCUT2D eigenvalue weighted by Crippen LogP contribution is -2.52. The van der Waals surface area contributed by atoms with Crippen LogP contribution < -0.4 is 0 Å². The van der Waals surface area contributed by atoms with Crippen molar-refractivity contribution in [3.63, 3.8) is 0 Å². The number of nitrogens with zero attached hydrogens (tertiary/aromatic N) is 2. The average Bonchev–Trinajstić information content (AvgIpc) is 2.57. The van der Waals surface area contributed by atoms with Crippen molar-refractivity contribution in [1.29, 1.82) is 0 Å². The molecule has 2 aliphatic rings. The lowest BCUT2D eigenvalue weighted by Gasteiger charge is -2.47. The fraction of sp³-hybridized carbons (Fsp3) is 0.450. The second kappa shape index (κ2) is 6.42. The summed E-state index contributed by atoms with van der Waals surface area (Å²) in [6.07, 6.45) is 7.43. The maximum atomic E-state index is 10.0. The normalized spacial score (nSPS) is 27.8. The molecule has 2 saturated heterocycles. The highest BCUT2D eigenvalue weighted by Crippen LogP contribution is 2.35. The first-order valence-corrected chi connectivity index (χ1v) is 8.74. The van der Waals surface area contributed by atoms with Gasteiger partial charge in [-0.05, 0) is 43.4 Å². The molecule has 0 aliphatic carbocycles. The van der Waals surface area contributed by atoms with Crippen molar-refractivity contribution in [2.45, 2.75) is 56.8 Å². The van der Waals surface area contributed by atoms with Crippen molar-refractivity contribution in [2.75, 3.05) is 0 Å². The van der Waals surface area contributed by atoms with Gasteiger partial charge >= 0.3 is 0 Å². The number of aliphatic hydroxyl groups is 1. The highest BCUT2D eigenvalue weighted by atomic mass is 16.3. The van der Waals surface area contributed by atoms with Crippen LogP contribution in [0.4, 0.5) is 0 Å². The number of hydrogen-bond acceptors (Lipinski definition) is 3. The summed E-state index contributed by atoms with van der Waals surface area (Å²) >= 11 is 0. The van der Waals surface area contributed by atoms with Gasteiger partial charge in [0.05, 0.1) is 11.8 Å². The SMILES string of the molecule is OC1C[C@H]2CCC[C@@H](C1)N2Cc1ccc(-c2ccccn2)cc1. The number of hydrogen-bond donors (Lipinski definition) is 1. The fourth-order valence-electron chi connectivity index (χ4n) is 4.23. The highest BCUT2D eigenvalue weighted by molar-refractivity contribution is 5.58. The second-order valence-corrected chi connectivity index (χ2v) is 6.95. The standard InChI is InChI=1S/C20H24N2O/c23-19-12-17-4-3-5-18(13-19)22(17)14-15-7-9-16(10-8-15)20-6-1-2-11-21-20/h1-2,6-11,17-19,23H,3-5,12-14H2/t17-,18+,19?. The van der Waals surface area contributed by atoms with Gasteiger partial charge in [-0.15, -0.1) is 0 Å². The zero-order chi connectivity index (χ0) is 15.6. The van der Waals surface area contributed by atoms with E-state index in [1.165, 1.54) is 30.4 Å². The molecule has 3 heteroatoms. The average molecular weight is 308 g/mol. The summed E-state index contributed by atoms with van der Waals surface area (Å²) in [5.41, 5.74) is 3.55. The van der Waals surface area contributed by atoms with Crippen LogP contribution in [0.2, 0.25) is 0 Å². The monoisotopic (exact) mass is 308 g/mol. The van der Waals surface area contributed by atoms with Gasteiger partial charge in [-0.3, -0.25) is 9.88 Å². The third kappa shape index (κ3) is 3.17. The quantitative estimate of drug-likeness (QED) is 0.940. The number of fused-ring (bicyclic) bond motifs is 2. The molecule has 0 amide bonds. The van der Waals surface area contributed by atoms with E-state index in [1.54, 1.807) is 0 Å². The highest BCUT2D eigenvalue weighted by Gasteiger charge is 2.37. The van der Waals surface area contributed by atoms with Gasteiger partial charge < -0.3 is 5.11 Å². The first kappa shape index (κ1) is 14.9. The minimum Gasteiger partial charge on any atom is -0.393 e. The van der Waals surface area contributed by atoms with Crippen molar-refractivity contribution in [3.05, 3.63) is 54.2 Å². The Morgan fingerprint density at radius 1 is 1.00 bits per heavy atom. The molecule has 2 aliphatic heterocycles. The largest absolute Gasteiger partial charge is 0.393 e. The van der Waals surface area contributed by atoms with E-state index in [1.807, 2.05) is 24.4 Å². The summed E-state index contributed by atoms with van der Waals surface area (Å²) in [4.78, 5) is 7.04. The maximum Gasteiger partial charge on any atom is 0.0701 e. The number of pyridine rings is 1. The van der Waals surface area contributed by atoms with Crippen LogP contribution in [0.3, 0.4) is 0 Å². The van der Waals surface area contributed by atoms with E-state index in [9.17, 15) is 5.11 Å². The molecule has 0 saturated carbocycles. The lowest BCUT2D eigenvalue weighted by molar-refractivity contribution is -0.0312. The van der Waals surface area contributed by atoms with E-state index in [0.717, 1.165) is 25.1 Å². The van der Waals surface area contributed by atoms with Gasteiger partial charge in [0.15, 0.2) is 0 Å². The minimum absolute atomic E-state index is 0.0897. The fourth-order valence-corrected chi connectivity index (χ4v) is 4.23. The van der Waals surface area contributed by atoms with Crippen molar-refractivity contribution in [1.82, 2.24) is 9.88 Å². The molecule has 2 aromatic rings. The van der Waals surface area contributed by atoms with Gasteiger partial charge in [0.1, 0.15) is 0 Å². The molecule has 3 nitrogen and oxygen atoms in total. The summed E-state index contributed by atoms with van der Waals surface area (Å²) in [5.74, 6) is 0. The molecule has 1 aromatic carbocycles. The third-order valence-electron chi connectivity index (χ3n) is 5.38. The Labute approximate surface area is 138 Å². The molecule has 3 atom stereocenters. The van der Waals surface area contributed by atoms with E-state index in [2.05, 4.69) is 34.1 Å². The molecule has 1 N–H and O–H groups in total. The van der Waals surface area contributed by atoms with E-state index in [0.29, 0.717) is 12.1 Å². The maximum absolute atomic E-state index is 10.0. The molecular weight excluding hydrogens is 284 g/mol. The Kier molecular flexibility index (Phi) is 4.15. The Morgan fingerprint density at radius 3 is 2.39 bits per heavy atom. The molecule has 0 radical (unpaired) electrons. The van der Waals surface area contributed by atoms with Gasteiger partial charge in [0.25, 0.3) is 0 Å². The number of aromatic nitrogens is 1. The van der Waals surface area contributed by atoms with Crippen LogP contribution >= 0.6 is 0 Å². The van der Waals surface area contributed by atoms with E-state index in [-0.39, 0.29) is 6.10 Å².